The van der Waals surface area contributed by atoms with Gasteiger partial charge in [0.1, 0.15) is 0 Å². The zero-order valence-corrected chi connectivity index (χ0v) is 11.4. The third kappa shape index (κ3) is 3.96. The Bertz CT molecular complexity index is 241. The van der Waals surface area contributed by atoms with Crippen LogP contribution in [0.25, 0.3) is 0 Å². The molecular weight excluding hydrogens is 214 g/mol. The lowest BCUT2D eigenvalue weighted by atomic mass is 9.90. The van der Waals surface area contributed by atoms with Crippen molar-refractivity contribution in [3.8, 4) is 0 Å². The van der Waals surface area contributed by atoms with Crippen LogP contribution in [0.1, 0.15) is 46.5 Å². The largest absolute Gasteiger partial charge is 0.352 e. The smallest absolute Gasteiger partial charge is 0.237 e. The zero-order valence-electron chi connectivity index (χ0n) is 11.4. The summed E-state index contributed by atoms with van der Waals surface area (Å²) in [6.07, 6.45) is 4.67. The molecule has 0 saturated heterocycles. The van der Waals surface area contributed by atoms with Crippen LogP contribution in [0.15, 0.2) is 0 Å². The van der Waals surface area contributed by atoms with E-state index in [4.69, 9.17) is 5.73 Å². The van der Waals surface area contributed by atoms with Gasteiger partial charge in [-0.25, -0.2) is 0 Å². The first-order valence-electron chi connectivity index (χ1n) is 6.86. The topological polar surface area (TPSA) is 58.4 Å². The van der Waals surface area contributed by atoms with Gasteiger partial charge in [-0.05, 0) is 33.1 Å². The standard InChI is InChI=1S/C13H27N3O/c1-4-10(2)15-13(17)11(3)16(9-8-14)12-6-5-7-12/h10-12H,4-9,14H2,1-3H3,(H,15,17). The highest BCUT2D eigenvalue weighted by atomic mass is 16.2. The zero-order chi connectivity index (χ0) is 12.8. The van der Waals surface area contributed by atoms with Gasteiger partial charge in [0.15, 0.2) is 0 Å². The van der Waals surface area contributed by atoms with Crippen LogP contribution in [0, 0.1) is 0 Å². The number of carbonyl (C=O) groups is 1. The molecule has 0 aromatic carbocycles. The number of rotatable bonds is 7. The Morgan fingerprint density at radius 1 is 1.47 bits per heavy atom. The molecule has 1 amide bonds. The fourth-order valence-electron chi connectivity index (χ4n) is 2.18. The van der Waals surface area contributed by atoms with E-state index in [1.54, 1.807) is 0 Å². The summed E-state index contributed by atoms with van der Waals surface area (Å²) in [6.45, 7) is 7.56. The lowest BCUT2D eigenvalue weighted by Crippen LogP contribution is -2.54. The van der Waals surface area contributed by atoms with E-state index in [2.05, 4.69) is 17.1 Å². The fourth-order valence-corrected chi connectivity index (χ4v) is 2.18. The third-order valence-electron chi connectivity index (χ3n) is 3.81. The molecule has 0 aromatic heterocycles. The van der Waals surface area contributed by atoms with E-state index in [-0.39, 0.29) is 18.0 Å². The minimum absolute atomic E-state index is 0.0575. The Hall–Kier alpha value is -0.610. The van der Waals surface area contributed by atoms with Crippen molar-refractivity contribution in [3.63, 3.8) is 0 Å². The molecule has 17 heavy (non-hydrogen) atoms. The Labute approximate surface area is 105 Å². The van der Waals surface area contributed by atoms with E-state index in [1.165, 1.54) is 19.3 Å². The highest BCUT2D eigenvalue weighted by Crippen LogP contribution is 2.26. The Kier molecular flexibility index (Phi) is 5.92. The summed E-state index contributed by atoms with van der Waals surface area (Å²) in [5.41, 5.74) is 5.64. The molecule has 0 heterocycles. The summed E-state index contributed by atoms with van der Waals surface area (Å²) in [5, 5.41) is 3.05. The number of hydrogen-bond donors (Lipinski definition) is 2. The number of carbonyl (C=O) groups excluding carboxylic acids is 1. The molecule has 100 valence electrons. The lowest BCUT2D eigenvalue weighted by molar-refractivity contribution is -0.128. The second-order valence-corrected chi connectivity index (χ2v) is 5.11. The maximum absolute atomic E-state index is 12.1. The highest BCUT2D eigenvalue weighted by molar-refractivity contribution is 5.81. The summed E-state index contributed by atoms with van der Waals surface area (Å²) in [7, 11) is 0. The maximum atomic E-state index is 12.1. The van der Waals surface area contributed by atoms with Crippen molar-refractivity contribution in [2.45, 2.75) is 64.6 Å². The minimum Gasteiger partial charge on any atom is -0.352 e. The van der Waals surface area contributed by atoms with Crippen molar-refractivity contribution in [2.24, 2.45) is 5.73 Å². The number of amides is 1. The SMILES string of the molecule is CCC(C)NC(=O)C(C)N(CCN)C1CCC1. The normalized spacial score (nSPS) is 19.8. The summed E-state index contributed by atoms with van der Waals surface area (Å²) in [6, 6.07) is 0.764. The molecule has 2 atom stereocenters. The van der Waals surface area contributed by atoms with Gasteiger partial charge in [-0.15, -0.1) is 0 Å². The Morgan fingerprint density at radius 2 is 2.12 bits per heavy atom. The average molecular weight is 241 g/mol. The van der Waals surface area contributed by atoms with Crippen molar-refractivity contribution in [3.05, 3.63) is 0 Å². The summed E-state index contributed by atoms with van der Waals surface area (Å²) >= 11 is 0. The van der Waals surface area contributed by atoms with Crippen LogP contribution < -0.4 is 11.1 Å². The Balaban J connectivity index is 2.50. The Morgan fingerprint density at radius 3 is 2.53 bits per heavy atom. The molecule has 0 aromatic rings. The van der Waals surface area contributed by atoms with E-state index in [0.29, 0.717) is 12.6 Å². The van der Waals surface area contributed by atoms with Crippen LogP contribution in [0.4, 0.5) is 0 Å². The summed E-state index contributed by atoms with van der Waals surface area (Å²) in [5.74, 6) is 0.139. The molecule has 0 radical (unpaired) electrons. The molecule has 0 spiro atoms. The highest BCUT2D eigenvalue weighted by Gasteiger charge is 2.31. The van der Waals surface area contributed by atoms with Gasteiger partial charge in [-0.2, -0.15) is 0 Å². The minimum atomic E-state index is -0.0575. The number of hydrogen-bond acceptors (Lipinski definition) is 3. The molecule has 4 nitrogen and oxygen atoms in total. The first kappa shape index (κ1) is 14.5. The number of nitrogens with one attached hydrogen (secondary N) is 1. The summed E-state index contributed by atoms with van der Waals surface area (Å²) < 4.78 is 0. The van der Waals surface area contributed by atoms with E-state index in [1.807, 2.05) is 13.8 Å². The first-order chi connectivity index (χ1) is 8.10. The molecule has 1 aliphatic rings. The second kappa shape index (κ2) is 6.97. The molecule has 0 bridgehead atoms. The van der Waals surface area contributed by atoms with Gasteiger partial charge >= 0.3 is 0 Å². The second-order valence-electron chi connectivity index (χ2n) is 5.11. The quantitative estimate of drug-likeness (QED) is 0.702. The average Bonchev–Trinajstić information content (AvgIpc) is 2.24. The van der Waals surface area contributed by atoms with Gasteiger partial charge in [-0.3, -0.25) is 9.69 Å². The van der Waals surface area contributed by atoms with E-state index in [9.17, 15) is 4.79 Å². The summed E-state index contributed by atoms with van der Waals surface area (Å²) in [4.78, 5) is 14.3. The molecule has 1 aliphatic carbocycles. The van der Waals surface area contributed by atoms with Gasteiger partial charge in [-0.1, -0.05) is 13.3 Å². The molecule has 4 heteroatoms. The molecule has 1 fully saturated rings. The van der Waals surface area contributed by atoms with Crippen molar-refractivity contribution < 1.29 is 4.79 Å². The van der Waals surface area contributed by atoms with Crippen LogP contribution in [0.5, 0.6) is 0 Å². The lowest BCUT2D eigenvalue weighted by Gasteiger charge is -2.40. The van der Waals surface area contributed by atoms with Gasteiger partial charge in [0.2, 0.25) is 5.91 Å². The van der Waals surface area contributed by atoms with E-state index < -0.39 is 0 Å². The molecule has 1 saturated carbocycles. The van der Waals surface area contributed by atoms with Crippen molar-refractivity contribution in [2.75, 3.05) is 13.1 Å². The molecule has 1 rings (SSSR count). The number of nitrogens with zero attached hydrogens (tertiary/aromatic N) is 1. The van der Waals surface area contributed by atoms with Crippen LogP contribution in [0.2, 0.25) is 0 Å². The molecule has 0 aliphatic heterocycles. The third-order valence-corrected chi connectivity index (χ3v) is 3.81. The van der Waals surface area contributed by atoms with Crippen LogP contribution in [-0.2, 0) is 4.79 Å². The molecule has 3 N–H and O–H groups in total. The van der Waals surface area contributed by atoms with Gasteiger partial charge in [0, 0.05) is 25.2 Å². The van der Waals surface area contributed by atoms with Crippen LogP contribution >= 0.6 is 0 Å². The van der Waals surface area contributed by atoms with Gasteiger partial charge in [0.25, 0.3) is 0 Å². The number of nitrogens with two attached hydrogens (primary N) is 1. The van der Waals surface area contributed by atoms with Crippen LogP contribution in [0.3, 0.4) is 0 Å². The van der Waals surface area contributed by atoms with Crippen LogP contribution in [-0.4, -0.2) is 42.0 Å². The fraction of sp³-hybridized carbons (Fsp3) is 0.923. The molecular formula is C13H27N3O. The maximum Gasteiger partial charge on any atom is 0.237 e. The van der Waals surface area contributed by atoms with Gasteiger partial charge < -0.3 is 11.1 Å². The van der Waals surface area contributed by atoms with Gasteiger partial charge in [0.05, 0.1) is 6.04 Å². The van der Waals surface area contributed by atoms with Crippen molar-refractivity contribution >= 4 is 5.91 Å². The van der Waals surface area contributed by atoms with E-state index >= 15 is 0 Å². The first-order valence-corrected chi connectivity index (χ1v) is 6.86. The molecule has 2 unspecified atom stereocenters. The monoisotopic (exact) mass is 241 g/mol. The predicted molar refractivity (Wildman–Crippen MR) is 70.8 cm³/mol. The van der Waals surface area contributed by atoms with Crippen molar-refractivity contribution in [1.29, 1.82) is 0 Å². The predicted octanol–water partition coefficient (Wildman–Crippen LogP) is 1.10. The van der Waals surface area contributed by atoms with Crippen molar-refractivity contribution in [1.82, 2.24) is 10.2 Å². The van der Waals surface area contributed by atoms with E-state index in [0.717, 1.165) is 13.0 Å².